The summed E-state index contributed by atoms with van der Waals surface area (Å²) in [6.45, 7) is 5.28. The number of hydrogen-bond acceptors (Lipinski definition) is 3. The summed E-state index contributed by atoms with van der Waals surface area (Å²) >= 11 is 5.83. The highest BCUT2D eigenvalue weighted by molar-refractivity contribution is 6.33. The molecule has 5 heteroatoms. The van der Waals surface area contributed by atoms with E-state index in [9.17, 15) is 9.18 Å². The summed E-state index contributed by atoms with van der Waals surface area (Å²) in [5, 5.41) is 3.09. The van der Waals surface area contributed by atoms with Crippen LogP contribution in [0.1, 0.15) is 20.8 Å². The first-order valence-corrected chi connectivity index (χ1v) is 5.56. The van der Waals surface area contributed by atoms with Crippen molar-refractivity contribution in [2.75, 3.05) is 11.9 Å². The fourth-order valence-corrected chi connectivity index (χ4v) is 1.36. The molecule has 3 nitrogen and oxygen atoms in total. The van der Waals surface area contributed by atoms with Crippen LogP contribution in [-0.2, 0) is 9.53 Å². The second kappa shape index (κ2) is 5.36. The topological polar surface area (TPSA) is 38.3 Å². The number of ether oxygens (including phenoxy) is 1. The molecular formula is C12H15ClFNO2. The van der Waals surface area contributed by atoms with E-state index in [1.165, 1.54) is 18.2 Å². The molecule has 0 heterocycles. The minimum atomic E-state index is -0.537. The van der Waals surface area contributed by atoms with E-state index in [4.69, 9.17) is 16.3 Å². The Labute approximate surface area is 105 Å². The molecule has 0 saturated heterocycles. The van der Waals surface area contributed by atoms with Gasteiger partial charge in [0.05, 0.1) is 10.7 Å². The van der Waals surface area contributed by atoms with Gasteiger partial charge in [0.25, 0.3) is 0 Å². The lowest BCUT2D eigenvalue weighted by Crippen LogP contribution is -2.28. The molecule has 0 saturated carbocycles. The molecule has 1 aromatic rings. The standard InChI is InChI=1S/C12H15ClFNO2/c1-12(2,3)17-11(16)7-15-10-6-8(14)4-5-9(10)13/h4-6,15H,7H2,1-3H3. The lowest BCUT2D eigenvalue weighted by molar-refractivity contribution is -0.152. The Hall–Kier alpha value is -1.29. The van der Waals surface area contributed by atoms with Crippen molar-refractivity contribution in [3.8, 4) is 0 Å². The third-order valence-electron chi connectivity index (χ3n) is 1.77. The molecule has 0 atom stereocenters. The van der Waals surface area contributed by atoms with Crippen molar-refractivity contribution in [3.63, 3.8) is 0 Å². The van der Waals surface area contributed by atoms with Gasteiger partial charge in [-0.15, -0.1) is 0 Å². The third-order valence-corrected chi connectivity index (χ3v) is 2.10. The Bertz CT molecular complexity index is 415. The second-order valence-corrected chi connectivity index (χ2v) is 4.97. The number of hydrogen-bond donors (Lipinski definition) is 1. The van der Waals surface area contributed by atoms with Crippen LogP contribution >= 0.6 is 11.6 Å². The van der Waals surface area contributed by atoms with Crippen LogP contribution in [0.4, 0.5) is 10.1 Å². The van der Waals surface area contributed by atoms with Crippen LogP contribution in [0.2, 0.25) is 5.02 Å². The van der Waals surface area contributed by atoms with Crippen molar-refractivity contribution in [2.24, 2.45) is 0 Å². The fourth-order valence-electron chi connectivity index (χ4n) is 1.18. The van der Waals surface area contributed by atoms with Crippen LogP contribution in [0.25, 0.3) is 0 Å². The fraction of sp³-hybridized carbons (Fsp3) is 0.417. The van der Waals surface area contributed by atoms with Crippen molar-refractivity contribution in [2.45, 2.75) is 26.4 Å². The Morgan fingerprint density at radius 3 is 2.71 bits per heavy atom. The molecule has 0 aliphatic heterocycles. The summed E-state index contributed by atoms with van der Waals surface area (Å²) in [5.41, 5.74) is -0.164. The second-order valence-electron chi connectivity index (χ2n) is 4.56. The summed E-state index contributed by atoms with van der Waals surface area (Å²) in [7, 11) is 0. The largest absolute Gasteiger partial charge is 0.459 e. The van der Waals surface area contributed by atoms with Crippen molar-refractivity contribution >= 4 is 23.3 Å². The highest BCUT2D eigenvalue weighted by Gasteiger charge is 2.16. The lowest BCUT2D eigenvalue weighted by atomic mass is 10.2. The summed E-state index contributed by atoms with van der Waals surface area (Å²) in [4.78, 5) is 11.4. The Balaban J connectivity index is 2.56. The molecule has 0 aromatic heterocycles. The smallest absolute Gasteiger partial charge is 0.325 e. The number of esters is 1. The van der Waals surface area contributed by atoms with Gasteiger partial charge in [0.15, 0.2) is 0 Å². The van der Waals surface area contributed by atoms with Crippen LogP contribution < -0.4 is 5.32 Å². The quantitative estimate of drug-likeness (QED) is 0.847. The molecule has 1 N–H and O–H groups in total. The Kier molecular flexibility index (Phi) is 4.34. The molecule has 94 valence electrons. The van der Waals surface area contributed by atoms with Gasteiger partial charge in [-0.1, -0.05) is 11.6 Å². The van der Waals surface area contributed by atoms with E-state index in [-0.39, 0.29) is 6.54 Å². The first-order valence-electron chi connectivity index (χ1n) is 5.19. The Morgan fingerprint density at radius 1 is 1.47 bits per heavy atom. The van der Waals surface area contributed by atoms with Gasteiger partial charge in [-0.25, -0.2) is 4.39 Å². The van der Waals surface area contributed by atoms with Crippen molar-refractivity contribution in [1.29, 1.82) is 0 Å². The zero-order chi connectivity index (χ0) is 13.1. The number of anilines is 1. The van der Waals surface area contributed by atoms with Crippen LogP contribution in [0.15, 0.2) is 18.2 Å². The van der Waals surface area contributed by atoms with Gasteiger partial charge in [0, 0.05) is 0 Å². The van der Waals surface area contributed by atoms with Crippen molar-refractivity contribution < 1.29 is 13.9 Å². The summed E-state index contributed by atoms with van der Waals surface area (Å²) in [5.74, 6) is -0.834. The molecule has 0 radical (unpaired) electrons. The van der Waals surface area contributed by atoms with E-state index in [0.717, 1.165) is 0 Å². The van der Waals surface area contributed by atoms with Gasteiger partial charge in [0.1, 0.15) is 18.0 Å². The molecule has 0 aliphatic rings. The molecule has 0 spiro atoms. The predicted octanol–water partition coefficient (Wildman–Crippen LogP) is 3.23. The average molecular weight is 260 g/mol. The first kappa shape index (κ1) is 13.8. The predicted molar refractivity (Wildman–Crippen MR) is 65.7 cm³/mol. The minimum absolute atomic E-state index is 0.0551. The summed E-state index contributed by atoms with van der Waals surface area (Å²) in [6.07, 6.45) is 0. The normalized spacial score (nSPS) is 11.1. The van der Waals surface area contributed by atoms with E-state index in [1.807, 2.05) is 0 Å². The van der Waals surface area contributed by atoms with E-state index in [0.29, 0.717) is 10.7 Å². The summed E-state index contributed by atoms with van der Waals surface area (Å²) in [6, 6.07) is 3.90. The zero-order valence-electron chi connectivity index (χ0n) is 10.0. The molecule has 0 aliphatic carbocycles. The molecular weight excluding hydrogens is 245 g/mol. The van der Waals surface area contributed by atoms with Crippen LogP contribution in [0.5, 0.6) is 0 Å². The first-order chi connectivity index (χ1) is 7.78. The third kappa shape index (κ3) is 5.04. The Morgan fingerprint density at radius 2 is 2.12 bits per heavy atom. The van der Waals surface area contributed by atoms with Crippen LogP contribution in [-0.4, -0.2) is 18.1 Å². The van der Waals surface area contributed by atoms with Gasteiger partial charge in [-0.3, -0.25) is 4.79 Å². The molecule has 17 heavy (non-hydrogen) atoms. The average Bonchev–Trinajstić information content (AvgIpc) is 2.17. The van der Waals surface area contributed by atoms with Crippen molar-refractivity contribution in [3.05, 3.63) is 29.0 Å². The van der Waals surface area contributed by atoms with Gasteiger partial charge in [-0.05, 0) is 39.0 Å². The van der Waals surface area contributed by atoms with E-state index in [2.05, 4.69) is 5.32 Å². The number of carbonyl (C=O) groups is 1. The van der Waals surface area contributed by atoms with Crippen molar-refractivity contribution in [1.82, 2.24) is 0 Å². The molecule has 1 aromatic carbocycles. The maximum Gasteiger partial charge on any atom is 0.325 e. The molecule has 0 bridgehead atoms. The number of benzene rings is 1. The van der Waals surface area contributed by atoms with E-state index in [1.54, 1.807) is 20.8 Å². The highest BCUT2D eigenvalue weighted by Crippen LogP contribution is 2.22. The van der Waals surface area contributed by atoms with Gasteiger partial charge in [0.2, 0.25) is 0 Å². The van der Waals surface area contributed by atoms with Crippen LogP contribution in [0.3, 0.4) is 0 Å². The van der Waals surface area contributed by atoms with Gasteiger partial charge in [-0.2, -0.15) is 0 Å². The maximum atomic E-state index is 12.9. The van der Waals surface area contributed by atoms with Gasteiger partial charge < -0.3 is 10.1 Å². The number of halogens is 2. The number of carbonyl (C=O) groups excluding carboxylic acids is 1. The van der Waals surface area contributed by atoms with Crippen LogP contribution in [0, 0.1) is 5.82 Å². The summed E-state index contributed by atoms with van der Waals surface area (Å²) < 4.78 is 18.0. The molecule has 0 amide bonds. The molecule has 0 unspecified atom stereocenters. The lowest BCUT2D eigenvalue weighted by Gasteiger charge is -2.19. The van der Waals surface area contributed by atoms with Gasteiger partial charge >= 0.3 is 5.97 Å². The SMILES string of the molecule is CC(C)(C)OC(=O)CNc1cc(F)ccc1Cl. The van der Waals surface area contributed by atoms with E-state index < -0.39 is 17.4 Å². The van der Waals surface area contributed by atoms with E-state index >= 15 is 0 Å². The highest BCUT2D eigenvalue weighted by atomic mass is 35.5. The monoisotopic (exact) mass is 259 g/mol. The molecule has 1 rings (SSSR count). The number of rotatable bonds is 3. The maximum absolute atomic E-state index is 12.9. The zero-order valence-corrected chi connectivity index (χ0v) is 10.8. The minimum Gasteiger partial charge on any atom is -0.459 e. The number of nitrogens with one attached hydrogen (secondary N) is 1. The molecule has 0 fully saturated rings.